The predicted molar refractivity (Wildman–Crippen MR) is 91.0 cm³/mol. The van der Waals surface area contributed by atoms with Crippen LogP contribution in [0, 0.1) is 0 Å². The van der Waals surface area contributed by atoms with Crippen LogP contribution in [0.2, 0.25) is 5.02 Å². The normalized spacial score (nSPS) is 16.5. The van der Waals surface area contributed by atoms with E-state index in [0.717, 1.165) is 11.0 Å². The molecule has 1 aromatic rings. The van der Waals surface area contributed by atoms with E-state index in [-0.39, 0.29) is 5.91 Å². The maximum absolute atomic E-state index is 12.0. The molecule has 0 aliphatic heterocycles. The first-order valence-electron chi connectivity index (χ1n) is 7.63. The zero-order chi connectivity index (χ0) is 15.1. The average Bonchev–Trinajstić information content (AvgIpc) is 2.75. The lowest BCUT2D eigenvalue weighted by Crippen LogP contribution is -2.36. The molecule has 0 heterocycles. The molecule has 2 N–H and O–H groups in total. The molecule has 3 nitrogen and oxygen atoms in total. The first-order chi connectivity index (χ1) is 10.2. The monoisotopic (exact) mass is 372 g/mol. The van der Waals surface area contributed by atoms with E-state index in [0.29, 0.717) is 23.2 Å². The topological polar surface area (TPSA) is 41.1 Å². The van der Waals surface area contributed by atoms with Gasteiger partial charge < -0.3 is 10.6 Å². The molecule has 1 aromatic carbocycles. The van der Waals surface area contributed by atoms with Gasteiger partial charge in [-0.1, -0.05) is 37.3 Å². The van der Waals surface area contributed by atoms with Crippen molar-refractivity contribution in [2.24, 2.45) is 0 Å². The number of rotatable bonds is 5. The Balaban J connectivity index is 1.70. The number of benzene rings is 1. The van der Waals surface area contributed by atoms with E-state index in [1.807, 2.05) is 0 Å². The zero-order valence-electron chi connectivity index (χ0n) is 12.1. The predicted octanol–water partition coefficient (Wildman–Crippen LogP) is 4.14. The van der Waals surface area contributed by atoms with Gasteiger partial charge in [-0.2, -0.15) is 0 Å². The van der Waals surface area contributed by atoms with Gasteiger partial charge in [0.15, 0.2) is 0 Å². The molecule has 0 atom stereocenters. The van der Waals surface area contributed by atoms with Gasteiger partial charge in [0.05, 0.1) is 5.02 Å². The fourth-order valence-corrected chi connectivity index (χ4v) is 3.17. The van der Waals surface area contributed by atoms with Crippen LogP contribution in [0.15, 0.2) is 22.7 Å². The Morgan fingerprint density at radius 1 is 1.19 bits per heavy atom. The molecular formula is C16H22BrClN2O. The van der Waals surface area contributed by atoms with E-state index < -0.39 is 0 Å². The van der Waals surface area contributed by atoms with Crippen molar-refractivity contribution in [2.75, 3.05) is 13.1 Å². The van der Waals surface area contributed by atoms with Gasteiger partial charge in [0, 0.05) is 29.2 Å². The van der Waals surface area contributed by atoms with Crippen LogP contribution in [0.1, 0.15) is 48.9 Å². The number of carbonyl (C=O) groups excluding carboxylic acids is 1. The number of nitrogens with one attached hydrogen (secondary N) is 2. The van der Waals surface area contributed by atoms with Crippen LogP contribution in [-0.2, 0) is 0 Å². The summed E-state index contributed by atoms with van der Waals surface area (Å²) in [5.41, 5.74) is 0.626. The molecule has 1 fully saturated rings. The van der Waals surface area contributed by atoms with E-state index in [2.05, 4.69) is 26.6 Å². The Kier molecular flexibility index (Phi) is 7.00. The van der Waals surface area contributed by atoms with Crippen molar-refractivity contribution in [3.05, 3.63) is 33.3 Å². The van der Waals surface area contributed by atoms with E-state index in [4.69, 9.17) is 11.6 Å². The van der Waals surface area contributed by atoms with Crippen molar-refractivity contribution in [3.8, 4) is 0 Å². The van der Waals surface area contributed by atoms with Crippen LogP contribution in [0.5, 0.6) is 0 Å². The largest absolute Gasteiger partial charge is 0.351 e. The summed E-state index contributed by atoms with van der Waals surface area (Å²) >= 11 is 9.25. The molecule has 1 amide bonds. The number of hydrogen-bond donors (Lipinski definition) is 2. The second-order valence-corrected chi connectivity index (χ2v) is 6.79. The number of halogens is 2. The fraction of sp³-hybridized carbons (Fsp3) is 0.562. The summed E-state index contributed by atoms with van der Waals surface area (Å²) in [6.07, 6.45) is 7.89. The first-order valence-corrected chi connectivity index (χ1v) is 8.80. The van der Waals surface area contributed by atoms with Crippen molar-refractivity contribution in [1.29, 1.82) is 0 Å². The summed E-state index contributed by atoms with van der Waals surface area (Å²) in [4.78, 5) is 12.0. The van der Waals surface area contributed by atoms with Gasteiger partial charge in [-0.3, -0.25) is 4.79 Å². The summed E-state index contributed by atoms with van der Waals surface area (Å²) in [6.45, 7) is 1.47. The Bertz CT molecular complexity index is 473. The van der Waals surface area contributed by atoms with Crippen molar-refractivity contribution in [3.63, 3.8) is 0 Å². The van der Waals surface area contributed by atoms with Gasteiger partial charge in [0.25, 0.3) is 5.91 Å². The van der Waals surface area contributed by atoms with Crippen molar-refractivity contribution < 1.29 is 4.79 Å². The summed E-state index contributed by atoms with van der Waals surface area (Å²) in [5, 5.41) is 7.09. The van der Waals surface area contributed by atoms with E-state index in [1.54, 1.807) is 18.2 Å². The second kappa shape index (κ2) is 8.76. The molecule has 0 bridgehead atoms. The molecule has 116 valence electrons. The third-order valence-corrected chi connectivity index (χ3v) is 5.09. The molecule has 1 aliphatic carbocycles. The molecule has 21 heavy (non-hydrogen) atoms. The van der Waals surface area contributed by atoms with Crippen LogP contribution < -0.4 is 10.6 Å². The zero-order valence-corrected chi connectivity index (χ0v) is 14.5. The third kappa shape index (κ3) is 5.61. The highest BCUT2D eigenvalue weighted by Crippen LogP contribution is 2.23. The molecule has 5 heteroatoms. The minimum atomic E-state index is -0.0602. The van der Waals surface area contributed by atoms with Crippen molar-refractivity contribution in [1.82, 2.24) is 10.6 Å². The SMILES string of the molecule is O=C(NCCNC1CCCCCC1)c1ccc(Cl)c(Br)c1. The minimum Gasteiger partial charge on any atom is -0.351 e. The number of amides is 1. The van der Waals surface area contributed by atoms with Gasteiger partial charge in [-0.25, -0.2) is 0 Å². The Morgan fingerprint density at radius 3 is 2.57 bits per heavy atom. The van der Waals surface area contributed by atoms with Crippen LogP contribution in [0.4, 0.5) is 0 Å². The average molecular weight is 374 g/mol. The van der Waals surface area contributed by atoms with E-state index in [9.17, 15) is 4.79 Å². The summed E-state index contributed by atoms with van der Waals surface area (Å²) in [5.74, 6) is -0.0602. The highest BCUT2D eigenvalue weighted by molar-refractivity contribution is 9.10. The smallest absolute Gasteiger partial charge is 0.251 e. The maximum Gasteiger partial charge on any atom is 0.251 e. The molecule has 2 rings (SSSR count). The lowest BCUT2D eigenvalue weighted by molar-refractivity contribution is 0.0953. The molecule has 1 aliphatic rings. The summed E-state index contributed by atoms with van der Waals surface area (Å²) in [6, 6.07) is 5.83. The minimum absolute atomic E-state index is 0.0602. The summed E-state index contributed by atoms with van der Waals surface area (Å²) < 4.78 is 0.744. The van der Waals surface area contributed by atoms with Crippen molar-refractivity contribution in [2.45, 2.75) is 44.6 Å². The molecule has 0 spiro atoms. The Morgan fingerprint density at radius 2 is 1.90 bits per heavy atom. The second-order valence-electron chi connectivity index (χ2n) is 5.53. The van der Waals surface area contributed by atoms with Gasteiger partial charge in [0.2, 0.25) is 0 Å². The van der Waals surface area contributed by atoms with Gasteiger partial charge in [-0.15, -0.1) is 0 Å². The number of carbonyl (C=O) groups is 1. The van der Waals surface area contributed by atoms with Crippen LogP contribution in [-0.4, -0.2) is 25.0 Å². The maximum atomic E-state index is 12.0. The van der Waals surface area contributed by atoms with Gasteiger partial charge in [-0.05, 0) is 47.0 Å². The first kappa shape index (κ1) is 16.8. The van der Waals surface area contributed by atoms with E-state index in [1.165, 1.54) is 38.5 Å². The molecule has 1 saturated carbocycles. The number of hydrogen-bond acceptors (Lipinski definition) is 2. The quantitative estimate of drug-likeness (QED) is 0.601. The summed E-state index contributed by atoms with van der Waals surface area (Å²) in [7, 11) is 0. The lowest BCUT2D eigenvalue weighted by Gasteiger charge is -2.16. The molecule has 0 unspecified atom stereocenters. The Labute approximate surface area is 140 Å². The highest BCUT2D eigenvalue weighted by atomic mass is 79.9. The van der Waals surface area contributed by atoms with Crippen LogP contribution in [0.25, 0.3) is 0 Å². The molecule has 0 saturated heterocycles. The Hall–Kier alpha value is -0.580. The van der Waals surface area contributed by atoms with Gasteiger partial charge >= 0.3 is 0 Å². The molecular weight excluding hydrogens is 352 g/mol. The van der Waals surface area contributed by atoms with Crippen LogP contribution in [0.3, 0.4) is 0 Å². The third-order valence-electron chi connectivity index (χ3n) is 3.88. The standard InChI is InChI=1S/C16H22BrClN2O/c17-14-11-12(7-8-15(14)18)16(21)20-10-9-19-13-5-3-1-2-4-6-13/h7-8,11,13,19H,1-6,9-10H2,(H,20,21). The molecule has 0 radical (unpaired) electrons. The fourth-order valence-electron chi connectivity index (χ4n) is 2.68. The van der Waals surface area contributed by atoms with E-state index >= 15 is 0 Å². The van der Waals surface area contributed by atoms with Crippen molar-refractivity contribution >= 4 is 33.4 Å². The molecule has 0 aromatic heterocycles. The van der Waals surface area contributed by atoms with Gasteiger partial charge in [0.1, 0.15) is 0 Å². The highest BCUT2D eigenvalue weighted by Gasteiger charge is 2.11. The van der Waals surface area contributed by atoms with Crippen LogP contribution >= 0.6 is 27.5 Å². The lowest BCUT2D eigenvalue weighted by atomic mass is 10.1.